The number of urea groups is 1. The minimum atomic E-state index is -1.75. The van der Waals surface area contributed by atoms with E-state index in [0.717, 1.165) is 27.2 Å². The fourth-order valence-electron chi connectivity index (χ4n) is 8.38. The van der Waals surface area contributed by atoms with E-state index in [1.807, 2.05) is 130 Å². The van der Waals surface area contributed by atoms with Crippen molar-refractivity contribution in [2.24, 2.45) is 5.92 Å². The second-order valence-electron chi connectivity index (χ2n) is 16.9. The third-order valence-corrected chi connectivity index (χ3v) is 14.5. The van der Waals surface area contributed by atoms with Gasteiger partial charge in [0, 0.05) is 25.6 Å². The van der Waals surface area contributed by atoms with Crippen LogP contribution >= 0.6 is 24.0 Å². The highest BCUT2D eigenvalue weighted by molar-refractivity contribution is 8.02. The minimum Gasteiger partial charge on any atom is -0.485 e. The van der Waals surface area contributed by atoms with Crippen LogP contribution in [0.1, 0.15) is 54.6 Å². The SMILES string of the molecule is C[C@H]1C(=S)N2[C@@H]1SC(C)(C)[C@]2(NC(=O)C(NC(=O)N1CCN(CCc2ccc(OCc3ccccc3)c(OCc3ccccc3)c2)C(=O)C1=O)c1ccccc1)C(=O)OCc1ccccc1. The summed E-state index contributed by atoms with van der Waals surface area (Å²) >= 11 is 7.30. The molecule has 2 N–H and O–H groups in total. The van der Waals surface area contributed by atoms with Gasteiger partial charge >= 0.3 is 23.8 Å². The average Bonchev–Trinajstić information content (AvgIpc) is 3.56. The summed E-state index contributed by atoms with van der Waals surface area (Å²) in [4.78, 5) is 75.0. The third kappa shape index (κ3) is 9.49. The number of carbonyl (C=O) groups excluding carboxylic acids is 5. The summed E-state index contributed by atoms with van der Waals surface area (Å²) in [7, 11) is 0. The topological polar surface area (TPSA) is 147 Å². The molecule has 0 saturated carbocycles. The maximum atomic E-state index is 14.7. The van der Waals surface area contributed by atoms with Crippen molar-refractivity contribution in [3.8, 4) is 11.5 Å². The lowest BCUT2D eigenvalue weighted by Gasteiger charge is -2.52. The molecule has 3 fully saturated rings. The zero-order valence-electron chi connectivity index (χ0n) is 36.9. The predicted octanol–water partition coefficient (Wildman–Crippen LogP) is 7.20. The molecule has 1 unspecified atom stereocenters. The highest BCUT2D eigenvalue weighted by Gasteiger charge is 2.72. The molecule has 0 spiro atoms. The Labute approximate surface area is 393 Å². The van der Waals surface area contributed by atoms with Crippen LogP contribution in [0.15, 0.2) is 140 Å². The zero-order chi connectivity index (χ0) is 46.4. The van der Waals surface area contributed by atoms with E-state index in [2.05, 4.69) is 10.6 Å². The summed E-state index contributed by atoms with van der Waals surface area (Å²) < 4.78 is 17.4. The Morgan fingerprint density at radius 1 is 0.727 bits per heavy atom. The lowest BCUT2D eigenvalue weighted by Crippen LogP contribution is -2.77. The van der Waals surface area contributed by atoms with Gasteiger partial charge in [-0.1, -0.05) is 147 Å². The molecule has 13 nitrogen and oxygen atoms in total. The Kier molecular flexibility index (Phi) is 13.8. The monoisotopic (exact) mass is 925 g/mol. The minimum absolute atomic E-state index is 0.0412. The Balaban J connectivity index is 0.951. The van der Waals surface area contributed by atoms with Crippen molar-refractivity contribution in [1.29, 1.82) is 0 Å². The lowest BCUT2D eigenvalue weighted by molar-refractivity contribution is -0.165. The van der Waals surface area contributed by atoms with Crippen molar-refractivity contribution in [1.82, 2.24) is 25.3 Å². The number of amides is 5. The van der Waals surface area contributed by atoms with Gasteiger partial charge in [-0.15, -0.1) is 11.8 Å². The molecule has 5 amide bonds. The number of ether oxygens (including phenoxy) is 3. The van der Waals surface area contributed by atoms with E-state index in [0.29, 0.717) is 41.7 Å². The molecule has 340 valence electrons. The van der Waals surface area contributed by atoms with E-state index in [-0.39, 0.29) is 37.5 Å². The van der Waals surface area contributed by atoms with Crippen LogP contribution in [0, 0.1) is 5.92 Å². The molecule has 0 aromatic heterocycles. The summed E-state index contributed by atoms with van der Waals surface area (Å²) in [5.41, 5.74) is 2.24. The van der Waals surface area contributed by atoms with E-state index in [1.54, 1.807) is 35.2 Å². The number of thiocarbonyl (C=S) groups is 1. The Bertz CT molecular complexity index is 2590. The maximum absolute atomic E-state index is 14.7. The summed E-state index contributed by atoms with van der Waals surface area (Å²) in [5.74, 6) is -2.25. The molecule has 3 aliphatic heterocycles. The van der Waals surface area contributed by atoms with Crippen LogP contribution in [0.5, 0.6) is 11.5 Å². The first-order valence-electron chi connectivity index (χ1n) is 21.8. The number of carbonyl (C=O) groups is 5. The number of hydrogen-bond acceptors (Lipinski definition) is 10. The molecular weight excluding hydrogens is 875 g/mol. The molecule has 5 aromatic rings. The molecule has 8 rings (SSSR count). The van der Waals surface area contributed by atoms with Crippen LogP contribution in [-0.4, -0.2) is 84.8 Å². The molecular formula is C51H51N5O8S2. The number of esters is 1. The van der Waals surface area contributed by atoms with Crippen LogP contribution in [-0.2, 0) is 50.2 Å². The molecule has 66 heavy (non-hydrogen) atoms. The van der Waals surface area contributed by atoms with E-state index in [4.69, 9.17) is 26.4 Å². The van der Waals surface area contributed by atoms with Gasteiger partial charge in [-0.2, -0.15) is 0 Å². The fraction of sp³-hybridized carbons (Fsp3) is 0.294. The largest absolute Gasteiger partial charge is 0.485 e. The van der Waals surface area contributed by atoms with Gasteiger partial charge in [0.1, 0.15) is 25.9 Å². The van der Waals surface area contributed by atoms with Crippen LogP contribution < -0.4 is 20.1 Å². The van der Waals surface area contributed by atoms with Crippen molar-refractivity contribution >= 4 is 58.7 Å². The number of hydrogen-bond donors (Lipinski definition) is 2. The van der Waals surface area contributed by atoms with E-state index < -0.39 is 46.2 Å². The molecule has 0 radical (unpaired) electrons. The van der Waals surface area contributed by atoms with Gasteiger partial charge in [0.15, 0.2) is 11.5 Å². The summed E-state index contributed by atoms with van der Waals surface area (Å²) in [5, 5.41) is 5.50. The lowest BCUT2D eigenvalue weighted by atomic mass is 9.86. The number of nitrogens with one attached hydrogen (secondary N) is 2. The van der Waals surface area contributed by atoms with Crippen LogP contribution in [0.25, 0.3) is 0 Å². The summed E-state index contributed by atoms with van der Waals surface area (Å²) in [6.45, 7) is 6.47. The number of benzene rings is 5. The number of fused-ring (bicyclic) bond motifs is 1. The smallest absolute Gasteiger partial charge is 0.355 e. The normalized spacial score (nSPS) is 20.2. The van der Waals surface area contributed by atoms with Gasteiger partial charge in [0.2, 0.25) is 11.6 Å². The fourth-order valence-corrected chi connectivity index (χ4v) is 10.6. The molecule has 0 aliphatic carbocycles. The van der Waals surface area contributed by atoms with Gasteiger partial charge in [-0.25, -0.2) is 9.59 Å². The van der Waals surface area contributed by atoms with E-state index in [9.17, 15) is 24.0 Å². The Morgan fingerprint density at radius 2 is 1.29 bits per heavy atom. The van der Waals surface area contributed by atoms with Crippen LogP contribution in [0.4, 0.5) is 4.79 Å². The second-order valence-corrected chi connectivity index (χ2v) is 19.1. The number of imide groups is 1. The van der Waals surface area contributed by atoms with Gasteiger partial charge < -0.3 is 34.6 Å². The molecule has 3 heterocycles. The van der Waals surface area contributed by atoms with Gasteiger partial charge in [0.25, 0.3) is 0 Å². The van der Waals surface area contributed by atoms with Crippen molar-refractivity contribution in [2.45, 2.75) is 68.8 Å². The molecule has 3 saturated heterocycles. The number of rotatable bonds is 16. The molecule has 0 bridgehead atoms. The quantitative estimate of drug-likeness (QED) is 0.0589. The molecule has 4 atom stereocenters. The average molecular weight is 926 g/mol. The molecule has 3 aliphatic rings. The van der Waals surface area contributed by atoms with Crippen molar-refractivity contribution in [3.63, 3.8) is 0 Å². The van der Waals surface area contributed by atoms with Gasteiger partial charge in [-0.3, -0.25) is 19.3 Å². The van der Waals surface area contributed by atoms with Crippen molar-refractivity contribution in [2.75, 3.05) is 19.6 Å². The van der Waals surface area contributed by atoms with Crippen molar-refractivity contribution in [3.05, 3.63) is 167 Å². The first kappa shape index (κ1) is 45.8. The number of thioether (sulfide) groups is 1. The molecule has 5 aromatic carbocycles. The third-order valence-electron chi connectivity index (χ3n) is 12.1. The summed E-state index contributed by atoms with van der Waals surface area (Å²) in [6.07, 6.45) is 0.395. The summed E-state index contributed by atoms with van der Waals surface area (Å²) in [6, 6.07) is 40.6. The van der Waals surface area contributed by atoms with E-state index in [1.165, 1.54) is 16.7 Å². The van der Waals surface area contributed by atoms with Gasteiger partial charge in [0.05, 0.1) is 15.1 Å². The zero-order valence-corrected chi connectivity index (χ0v) is 38.5. The van der Waals surface area contributed by atoms with Crippen LogP contribution in [0.2, 0.25) is 0 Å². The first-order chi connectivity index (χ1) is 31.9. The highest BCUT2D eigenvalue weighted by Crippen LogP contribution is 2.58. The Morgan fingerprint density at radius 3 is 1.89 bits per heavy atom. The standard InChI is InChI=1S/C51H51N5O8S2/c1-34-46(65)56-47(34)66-50(2,3)51(56,48(60)64-33-38-20-12-6-13-21-38)53-43(57)42(39-22-14-7-15-23-39)52-49(61)55-29-28-54(44(58)45(55)59)27-26-35-24-25-40(62-31-36-16-8-4-9-17-36)41(30-35)63-32-37-18-10-5-11-19-37/h4-25,30,34,42,47H,26-29,31-33H2,1-3H3,(H,52,61)(H,53,57)/t34-,42?,47+,51-/m0/s1. The maximum Gasteiger partial charge on any atom is 0.355 e. The Hall–Kier alpha value is -6.71. The van der Waals surface area contributed by atoms with E-state index >= 15 is 0 Å². The number of piperazine rings is 1. The predicted molar refractivity (Wildman–Crippen MR) is 254 cm³/mol. The first-order valence-corrected chi connectivity index (χ1v) is 23.1. The second kappa shape index (κ2) is 19.8. The highest BCUT2D eigenvalue weighted by atomic mass is 32.2. The van der Waals surface area contributed by atoms with Crippen molar-refractivity contribution < 1.29 is 38.2 Å². The molecule has 15 heteroatoms. The van der Waals surface area contributed by atoms with Gasteiger partial charge in [-0.05, 0) is 60.2 Å². The van der Waals surface area contributed by atoms with Crippen LogP contribution in [0.3, 0.4) is 0 Å². The number of nitrogens with zero attached hydrogens (tertiary/aromatic N) is 3.